The molecule has 19 heavy (non-hydrogen) atoms. The van der Waals surface area contributed by atoms with E-state index < -0.39 is 0 Å². The average molecular weight is 269 g/mol. The summed E-state index contributed by atoms with van der Waals surface area (Å²) in [7, 11) is 0. The third-order valence-corrected chi connectivity index (χ3v) is 3.41. The van der Waals surface area contributed by atoms with Crippen molar-refractivity contribution in [2.75, 3.05) is 0 Å². The molecule has 3 heterocycles. The van der Waals surface area contributed by atoms with E-state index in [4.69, 9.17) is 0 Å². The minimum absolute atomic E-state index is 0.715. The molecule has 0 bridgehead atoms. The van der Waals surface area contributed by atoms with E-state index in [1.807, 2.05) is 42.6 Å². The van der Waals surface area contributed by atoms with Gasteiger partial charge < -0.3 is 0 Å². The highest BCUT2D eigenvalue weighted by Crippen LogP contribution is 2.19. The Kier molecular flexibility index (Phi) is 3.51. The molecule has 0 N–H and O–H groups in total. The first-order valence-corrected chi connectivity index (χ1v) is 6.77. The lowest BCUT2D eigenvalue weighted by Gasteiger charge is -2.02. The molecule has 0 saturated heterocycles. The van der Waals surface area contributed by atoms with Crippen LogP contribution in [0.2, 0.25) is 0 Å². The van der Waals surface area contributed by atoms with Gasteiger partial charge in [0.2, 0.25) is 0 Å². The van der Waals surface area contributed by atoms with Crippen molar-refractivity contribution in [3.8, 4) is 5.82 Å². The van der Waals surface area contributed by atoms with Crippen molar-refractivity contribution < 1.29 is 0 Å². The SMILES string of the molecule is c1ccc(CSc2ccc(-n3cccn3)nn2)nc1. The van der Waals surface area contributed by atoms with Crippen molar-refractivity contribution in [3.63, 3.8) is 0 Å². The average Bonchev–Trinajstić information content (AvgIpc) is 3.01. The van der Waals surface area contributed by atoms with E-state index in [0.717, 1.165) is 16.5 Å². The van der Waals surface area contributed by atoms with Crippen LogP contribution >= 0.6 is 11.8 Å². The normalized spacial score (nSPS) is 10.5. The molecule has 5 nitrogen and oxygen atoms in total. The van der Waals surface area contributed by atoms with Crippen molar-refractivity contribution in [1.82, 2.24) is 25.0 Å². The van der Waals surface area contributed by atoms with Crippen LogP contribution in [-0.4, -0.2) is 25.0 Å². The molecule has 0 amide bonds. The molecule has 0 saturated carbocycles. The van der Waals surface area contributed by atoms with Crippen LogP contribution in [0.4, 0.5) is 0 Å². The molecule has 3 aromatic rings. The van der Waals surface area contributed by atoms with Gasteiger partial charge in [-0.15, -0.1) is 10.2 Å². The standard InChI is InChI=1S/C13H11N5S/c1-2-7-14-11(4-1)10-19-13-6-5-12(16-17-13)18-9-3-8-15-18/h1-9H,10H2. The maximum atomic E-state index is 4.27. The second-order valence-electron chi connectivity index (χ2n) is 3.79. The zero-order valence-electron chi connectivity index (χ0n) is 10.0. The molecule has 0 unspecified atom stereocenters. The van der Waals surface area contributed by atoms with E-state index in [2.05, 4.69) is 20.3 Å². The van der Waals surface area contributed by atoms with Crippen LogP contribution in [0.15, 0.2) is 60.0 Å². The van der Waals surface area contributed by atoms with E-state index in [9.17, 15) is 0 Å². The fraction of sp³-hybridized carbons (Fsp3) is 0.0769. The second-order valence-corrected chi connectivity index (χ2v) is 4.79. The fourth-order valence-corrected chi connectivity index (χ4v) is 2.28. The molecule has 0 atom stereocenters. The number of nitrogens with zero attached hydrogens (tertiary/aromatic N) is 5. The van der Waals surface area contributed by atoms with Crippen molar-refractivity contribution in [3.05, 3.63) is 60.7 Å². The Balaban J connectivity index is 1.67. The number of rotatable bonds is 4. The molecule has 0 aliphatic heterocycles. The minimum Gasteiger partial charge on any atom is -0.260 e. The number of hydrogen-bond acceptors (Lipinski definition) is 5. The zero-order chi connectivity index (χ0) is 12.9. The van der Waals surface area contributed by atoms with E-state index in [0.29, 0.717) is 5.82 Å². The molecule has 0 aliphatic carbocycles. The first kappa shape index (κ1) is 11.9. The summed E-state index contributed by atoms with van der Waals surface area (Å²) < 4.78 is 1.68. The van der Waals surface area contributed by atoms with Gasteiger partial charge in [0.1, 0.15) is 5.03 Å². The monoisotopic (exact) mass is 269 g/mol. The Morgan fingerprint density at radius 2 is 2.00 bits per heavy atom. The summed E-state index contributed by atoms with van der Waals surface area (Å²) in [5.41, 5.74) is 1.03. The Morgan fingerprint density at radius 3 is 2.68 bits per heavy atom. The van der Waals surface area contributed by atoms with Crippen LogP contribution in [0.3, 0.4) is 0 Å². The highest BCUT2D eigenvalue weighted by atomic mass is 32.2. The summed E-state index contributed by atoms with van der Waals surface area (Å²) in [4.78, 5) is 4.27. The summed E-state index contributed by atoms with van der Waals surface area (Å²) in [6.07, 6.45) is 5.35. The maximum Gasteiger partial charge on any atom is 0.175 e. The van der Waals surface area contributed by atoms with Crippen molar-refractivity contribution in [1.29, 1.82) is 0 Å². The Labute approximate surface area is 114 Å². The van der Waals surface area contributed by atoms with Crippen LogP contribution in [0.25, 0.3) is 5.82 Å². The summed E-state index contributed by atoms with van der Waals surface area (Å²) in [5.74, 6) is 1.50. The van der Waals surface area contributed by atoms with Crippen LogP contribution in [-0.2, 0) is 5.75 Å². The topological polar surface area (TPSA) is 56.5 Å². The van der Waals surface area contributed by atoms with Crippen LogP contribution in [0.5, 0.6) is 0 Å². The van der Waals surface area contributed by atoms with E-state index >= 15 is 0 Å². The van der Waals surface area contributed by atoms with Gasteiger partial charge >= 0.3 is 0 Å². The fourth-order valence-electron chi connectivity index (χ4n) is 1.55. The first-order chi connectivity index (χ1) is 9.42. The molecular formula is C13H11N5S. The third-order valence-electron chi connectivity index (χ3n) is 2.46. The lowest BCUT2D eigenvalue weighted by molar-refractivity contribution is 0.792. The van der Waals surface area contributed by atoms with Gasteiger partial charge in [-0.2, -0.15) is 5.10 Å². The van der Waals surface area contributed by atoms with E-state index in [1.165, 1.54) is 0 Å². The van der Waals surface area contributed by atoms with E-state index in [-0.39, 0.29) is 0 Å². The molecule has 0 radical (unpaired) electrons. The lowest BCUT2D eigenvalue weighted by Crippen LogP contribution is -1.99. The van der Waals surface area contributed by atoms with E-state index in [1.54, 1.807) is 28.8 Å². The molecule has 0 aliphatic rings. The van der Waals surface area contributed by atoms with Gasteiger partial charge in [-0.05, 0) is 30.3 Å². The lowest BCUT2D eigenvalue weighted by atomic mass is 10.4. The molecule has 3 aromatic heterocycles. The van der Waals surface area contributed by atoms with Crippen molar-refractivity contribution in [2.24, 2.45) is 0 Å². The van der Waals surface area contributed by atoms with Gasteiger partial charge in [0, 0.05) is 24.3 Å². The first-order valence-electron chi connectivity index (χ1n) is 5.78. The van der Waals surface area contributed by atoms with Gasteiger partial charge in [0.05, 0.1) is 5.69 Å². The minimum atomic E-state index is 0.715. The number of aromatic nitrogens is 5. The van der Waals surface area contributed by atoms with Gasteiger partial charge in [-0.3, -0.25) is 4.98 Å². The molecule has 0 spiro atoms. The summed E-state index contributed by atoms with van der Waals surface area (Å²) in [5, 5.41) is 13.3. The zero-order valence-corrected chi connectivity index (χ0v) is 10.9. The van der Waals surface area contributed by atoms with Crippen molar-refractivity contribution in [2.45, 2.75) is 10.8 Å². The van der Waals surface area contributed by atoms with Crippen LogP contribution < -0.4 is 0 Å². The molecule has 94 valence electrons. The second kappa shape index (κ2) is 5.62. The smallest absolute Gasteiger partial charge is 0.175 e. The van der Waals surface area contributed by atoms with Gasteiger partial charge in [-0.25, -0.2) is 4.68 Å². The Morgan fingerprint density at radius 1 is 1.00 bits per heavy atom. The third kappa shape index (κ3) is 2.97. The number of thioether (sulfide) groups is 1. The molecule has 6 heteroatoms. The van der Waals surface area contributed by atoms with Gasteiger partial charge in [-0.1, -0.05) is 17.8 Å². The van der Waals surface area contributed by atoms with Crippen LogP contribution in [0.1, 0.15) is 5.69 Å². The predicted molar refractivity (Wildman–Crippen MR) is 73.0 cm³/mol. The Hall–Kier alpha value is -2.21. The number of pyridine rings is 1. The predicted octanol–water partition coefficient (Wildman–Crippen LogP) is 2.35. The molecule has 3 rings (SSSR count). The highest BCUT2D eigenvalue weighted by molar-refractivity contribution is 7.98. The molecule has 0 aromatic carbocycles. The Bertz CT molecular complexity index is 622. The summed E-state index contributed by atoms with van der Waals surface area (Å²) in [6, 6.07) is 11.6. The maximum absolute atomic E-state index is 4.27. The molecule has 0 fully saturated rings. The largest absolute Gasteiger partial charge is 0.260 e. The summed E-state index contributed by atoms with van der Waals surface area (Å²) in [6.45, 7) is 0. The summed E-state index contributed by atoms with van der Waals surface area (Å²) >= 11 is 1.61. The van der Waals surface area contributed by atoms with Gasteiger partial charge in [0.15, 0.2) is 5.82 Å². The quantitative estimate of drug-likeness (QED) is 0.680. The van der Waals surface area contributed by atoms with Gasteiger partial charge in [0.25, 0.3) is 0 Å². The highest BCUT2D eigenvalue weighted by Gasteiger charge is 2.01. The van der Waals surface area contributed by atoms with Crippen LogP contribution in [0, 0.1) is 0 Å². The number of hydrogen-bond donors (Lipinski definition) is 0. The molecular weight excluding hydrogens is 258 g/mol. The van der Waals surface area contributed by atoms with Crippen molar-refractivity contribution >= 4 is 11.8 Å².